The molecule has 0 heterocycles. The van der Waals surface area contributed by atoms with Crippen LogP contribution in [0.5, 0.6) is 17.2 Å². The van der Waals surface area contributed by atoms with Gasteiger partial charge in [-0.25, -0.2) is 5.43 Å². The number of amides is 2. The van der Waals surface area contributed by atoms with Gasteiger partial charge in [-0.05, 0) is 61.9 Å². The van der Waals surface area contributed by atoms with Crippen molar-refractivity contribution in [2.24, 2.45) is 5.10 Å². The highest BCUT2D eigenvalue weighted by Gasteiger charge is 2.09. The molecule has 2 aromatic carbocycles. The van der Waals surface area contributed by atoms with E-state index in [1.165, 1.54) is 6.21 Å². The van der Waals surface area contributed by atoms with Crippen LogP contribution in [0.2, 0.25) is 0 Å². The Balaban J connectivity index is 1.86. The third-order valence-electron chi connectivity index (χ3n) is 3.75. The van der Waals surface area contributed by atoms with Crippen LogP contribution in [0.25, 0.3) is 0 Å². The number of carbonyl (C=O) groups excluding carboxylic acids is 2. The molecule has 31 heavy (non-hydrogen) atoms. The molecule has 2 aromatic rings. The molecule has 0 saturated carbocycles. The maximum Gasteiger partial charge on any atom is 0.249 e. The van der Waals surface area contributed by atoms with Gasteiger partial charge in [0.15, 0.2) is 11.5 Å². The predicted molar refractivity (Wildman–Crippen MR) is 119 cm³/mol. The van der Waals surface area contributed by atoms with E-state index < -0.39 is 11.8 Å². The van der Waals surface area contributed by atoms with E-state index >= 15 is 0 Å². The molecule has 0 spiro atoms. The fourth-order valence-electron chi connectivity index (χ4n) is 2.48. The first-order valence-corrected chi connectivity index (χ1v) is 9.73. The Morgan fingerprint density at radius 1 is 1.00 bits per heavy atom. The normalized spacial score (nSPS) is 10.2. The summed E-state index contributed by atoms with van der Waals surface area (Å²) in [6.07, 6.45) is 6.28. The maximum absolute atomic E-state index is 12.0. The SMILES string of the molecule is C#CCOc1ccc(C=NNC(=O)CC(=O)Nc2ccc(OCC)cc2)cc1OCC. The first-order valence-electron chi connectivity index (χ1n) is 9.73. The smallest absolute Gasteiger partial charge is 0.249 e. The van der Waals surface area contributed by atoms with Gasteiger partial charge in [0.25, 0.3) is 0 Å². The second-order valence-electron chi connectivity index (χ2n) is 6.11. The van der Waals surface area contributed by atoms with Gasteiger partial charge in [0, 0.05) is 5.69 Å². The second-order valence-corrected chi connectivity index (χ2v) is 6.11. The average molecular weight is 423 g/mol. The number of carbonyl (C=O) groups is 2. The minimum absolute atomic E-state index is 0.127. The number of nitrogens with one attached hydrogen (secondary N) is 2. The first-order chi connectivity index (χ1) is 15.0. The van der Waals surface area contributed by atoms with Crippen molar-refractivity contribution in [3.05, 3.63) is 48.0 Å². The van der Waals surface area contributed by atoms with Crippen molar-refractivity contribution in [1.29, 1.82) is 0 Å². The zero-order chi connectivity index (χ0) is 22.5. The number of rotatable bonds is 11. The Hall–Kier alpha value is -3.99. The van der Waals surface area contributed by atoms with Crippen molar-refractivity contribution in [3.63, 3.8) is 0 Å². The lowest BCUT2D eigenvalue weighted by molar-refractivity contribution is -0.126. The summed E-state index contributed by atoms with van der Waals surface area (Å²) >= 11 is 0. The monoisotopic (exact) mass is 423 g/mol. The molecule has 0 aromatic heterocycles. The number of hydrazone groups is 1. The molecule has 0 atom stereocenters. The van der Waals surface area contributed by atoms with E-state index in [4.69, 9.17) is 20.6 Å². The Labute approximate surface area is 181 Å². The highest BCUT2D eigenvalue weighted by Crippen LogP contribution is 2.28. The van der Waals surface area contributed by atoms with E-state index in [2.05, 4.69) is 21.8 Å². The number of ether oxygens (including phenoxy) is 3. The number of hydrogen-bond donors (Lipinski definition) is 2. The summed E-state index contributed by atoms with van der Waals surface area (Å²) in [4.78, 5) is 24.0. The average Bonchev–Trinajstić information content (AvgIpc) is 2.75. The Morgan fingerprint density at radius 3 is 2.42 bits per heavy atom. The van der Waals surface area contributed by atoms with Crippen LogP contribution in [0.3, 0.4) is 0 Å². The van der Waals surface area contributed by atoms with Crippen LogP contribution in [0, 0.1) is 12.3 Å². The molecule has 0 aliphatic heterocycles. The van der Waals surface area contributed by atoms with E-state index in [-0.39, 0.29) is 13.0 Å². The molecular formula is C23H25N3O5. The molecule has 2 rings (SSSR count). The fraction of sp³-hybridized carbons (Fsp3) is 0.261. The molecule has 8 heteroatoms. The Bertz CT molecular complexity index is 949. The van der Waals surface area contributed by atoms with Gasteiger partial charge in [-0.1, -0.05) is 5.92 Å². The largest absolute Gasteiger partial charge is 0.494 e. The minimum Gasteiger partial charge on any atom is -0.494 e. The lowest BCUT2D eigenvalue weighted by Gasteiger charge is -2.10. The van der Waals surface area contributed by atoms with Gasteiger partial charge in [-0.3, -0.25) is 9.59 Å². The van der Waals surface area contributed by atoms with Gasteiger partial charge in [-0.2, -0.15) is 5.10 Å². The van der Waals surface area contributed by atoms with Crippen LogP contribution in [-0.4, -0.2) is 37.8 Å². The highest BCUT2D eigenvalue weighted by atomic mass is 16.5. The number of nitrogens with zero attached hydrogens (tertiary/aromatic N) is 1. The summed E-state index contributed by atoms with van der Waals surface area (Å²) in [5.74, 6) is 3.14. The van der Waals surface area contributed by atoms with Crippen LogP contribution in [0.1, 0.15) is 25.8 Å². The van der Waals surface area contributed by atoms with Gasteiger partial charge < -0.3 is 19.5 Å². The molecule has 2 N–H and O–H groups in total. The van der Waals surface area contributed by atoms with E-state index in [1.807, 2.05) is 13.8 Å². The predicted octanol–water partition coefficient (Wildman–Crippen LogP) is 2.97. The molecule has 0 aliphatic carbocycles. The summed E-state index contributed by atoms with van der Waals surface area (Å²) in [5.41, 5.74) is 3.57. The summed E-state index contributed by atoms with van der Waals surface area (Å²) in [7, 11) is 0. The molecule has 0 saturated heterocycles. The highest BCUT2D eigenvalue weighted by molar-refractivity contribution is 6.03. The van der Waals surface area contributed by atoms with Gasteiger partial charge in [0.2, 0.25) is 11.8 Å². The van der Waals surface area contributed by atoms with E-state index in [0.717, 1.165) is 0 Å². The van der Waals surface area contributed by atoms with Crippen LogP contribution in [0.4, 0.5) is 5.69 Å². The van der Waals surface area contributed by atoms with Crippen molar-refractivity contribution >= 4 is 23.7 Å². The Kier molecular flexibility index (Phi) is 9.43. The molecule has 0 unspecified atom stereocenters. The molecule has 162 valence electrons. The molecular weight excluding hydrogens is 398 g/mol. The zero-order valence-corrected chi connectivity index (χ0v) is 17.5. The summed E-state index contributed by atoms with van der Waals surface area (Å²) in [6, 6.07) is 12.0. The van der Waals surface area contributed by atoms with Gasteiger partial charge in [-0.15, -0.1) is 6.42 Å². The van der Waals surface area contributed by atoms with Crippen LogP contribution >= 0.6 is 0 Å². The molecule has 0 aliphatic rings. The van der Waals surface area contributed by atoms with Crippen molar-refractivity contribution in [2.45, 2.75) is 20.3 Å². The standard InChI is InChI=1S/C23H25N3O5/c1-4-13-31-20-12-7-17(14-21(20)30-6-3)16-24-26-23(28)15-22(27)25-18-8-10-19(11-9-18)29-5-2/h1,7-12,14,16H,5-6,13,15H2,2-3H3,(H,25,27)(H,26,28). The van der Waals surface area contributed by atoms with Crippen molar-refractivity contribution in [3.8, 4) is 29.6 Å². The van der Waals surface area contributed by atoms with E-state index in [9.17, 15) is 9.59 Å². The number of terminal acetylenes is 1. The summed E-state index contributed by atoms with van der Waals surface area (Å²) in [5, 5.41) is 6.52. The maximum atomic E-state index is 12.0. The van der Waals surface area contributed by atoms with Gasteiger partial charge in [0.05, 0.1) is 19.4 Å². The number of benzene rings is 2. The van der Waals surface area contributed by atoms with Gasteiger partial charge >= 0.3 is 0 Å². The van der Waals surface area contributed by atoms with Crippen molar-refractivity contribution in [2.75, 3.05) is 25.1 Å². The zero-order valence-electron chi connectivity index (χ0n) is 17.5. The quantitative estimate of drug-likeness (QED) is 0.251. The second kappa shape index (κ2) is 12.5. The van der Waals surface area contributed by atoms with Gasteiger partial charge in [0.1, 0.15) is 18.8 Å². The third-order valence-corrected chi connectivity index (χ3v) is 3.75. The molecule has 0 bridgehead atoms. The first kappa shape index (κ1) is 23.3. The molecule has 0 fully saturated rings. The van der Waals surface area contributed by atoms with Crippen LogP contribution < -0.4 is 25.0 Å². The summed E-state index contributed by atoms with van der Waals surface area (Å²) < 4.78 is 16.3. The van der Waals surface area contributed by atoms with E-state index in [0.29, 0.717) is 41.7 Å². The number of hydrogen-bond acceptors (Lipinski definition) is 6. The minimum atomic E-state index is -0.543. The third kappa shape index (κ3) is 8.11. The lowest BCUT2D eigenvalue weighted by Crippen LogP contribution is -2.24. The molecule has 8 nitrogen and oxygen atoms in total. The Morgan fingerprint density at radius 2 is 1.74 bits per heavy atom. The van der Waals surface area contributed by atoms with E-state index in [1.54, 1.807) is 42.5 Å². The van der Waals surface area contributed by atoms with Crippen molar-refractivity contribution < 1.29 is 23.8 Å². The number of anilines is 1. The fourth-order valence-corrected chi connectivity index (χ4v) is 2.48. The van der Waals surface area contributed by atoms with Crippen molar-refractivity contribution in [1.82, 2.24) is 5.43 Å². The van der Waals surface area contributed by atoms with Crippen LogP contribution in [0.15, 0.2) is 47.6 Å². The topological polar surface area (TPSA) is 98.2 Å². The lowest BCUT2D eigenvalue weighted by atomic mass is 10.2. The molecule has 2 amide bonds. The summed E-state index contributed by atoms with van der Waals surface area (Å²) in [6.45, 7) is 4.88. The molecule has 0 radical (unpaired) electrons. The van der Waals surface area contributed by atoms with Crippen LogP contribution in [-0.2, 0) is 9.59 Å².